The number of hydrogen-bond donors (Lipinski definition) is 1. The van der Waals surface area contributed by atoms with Crippen LogP contribution in [0.5, 0.6) is 5.88 Å². The van der Waals surface area contributed by atoms with E-state index in [2.05, 4.69) is 28.5 Å². The average Bonchev–Trinajstić information content (AvgIpc) is 2.27. The molecule has 0 radical (unpaired) electrons. The van der Waals surface area contributed by atoms with E-state index in [4.69, 9.17) is 4.74 Å². The highest BCUT2D eigenvalue weighted by atomic mass is 32.2. The van der Waals surface area contributed by atoms with Crippen molar-refractivity contribution in [2.24, 2.45) is 0 Å². The van der Waals surface area contributed by atoms with E-state index in [-0.39, 0.29) is 0 Å². The summed E-state index contributed by atoms with van der Waals surface area (Å²) in [5.74, 6) is 2.31. The number of thioether (sulfide) groups is 1. The van der Waals surface area contributed by atoms with E-state index >= 15 is 0 Å². The van der Waals surface area contributed by atoms with Crippen molar-refractivity contribution in [1.82, 2.24) is 9.97 Å². The van der Waals surface area contributed by atoms with Gasteiger partial charge in [-0.2, -0.15) is 16.7 Å². The predicted molar refractivity (Wildman–Crippen MR) is 69.4 cm³/mol. The zero-order valence-corrected chi connectivity index (χ0v) is 11.1. The van der Waals surface area contributed by atoms with E-state index < -0.39 is 0 Å². The molecule has 0 aromatic carbocycles. The Morgan fingerprint density at radius 1 is 1.50 bits per heavy atom. The van der Waals surface area contributed by atoms with Gasteiger partial charge in [0.2, 0.25) is 11.8 Å². The van der Waals surface area contributed by atoms with Gasteiger partial charge in [-0.25, -0.2) is 4.98 Å². The highest BCUT2D eigenvalue weighted by Crippen LogP contribution is 2.13. The van der Waals surface area contributed by atoms with Gasteiger partial charge in [-0.3, -0.25) is 0 Å². The summed E-state index contributed by atoms with van der Waals surface area (Å²) in [5, 5.41) is 3.32. The maximum absolute atomic E-state index is 5.11. The fourth-order valence-corrected chi connectivity index (χ4v) is 2.08. The Morgan fingerprint density at radius 2 is 2.25 bits per heavy atom. The molecule has 0 aliphatic rings. The van der Waals surface area contributed by atoms with Crippen molar-refractivity contribution in [2.75, 3.05) is 24.4 Å². The van der Waals surface area contributed by atoms with Gasteiger partial charge in [0.05, 0.1) is 7.11 Å². The van der Waals surface area contributed by atoms with Crippen molar-refractivity contribution in [3.63, 3.8) is 0 Å². The number of methoxy groups -OCH3 is 1. The Kier molecular flexibility index (Phi) is 5.38. The van der Waals surface area contributed by atoms with E-state index in [0.29, 0.717) is 17.9 Å². The first-order chi connectivity index (χ1) is 7.69. The molecule has 1 N–H and O–H groups in total. The highest BCUT2D eigenvalue weighted by Gasteiger charge is 2.08. The number of anilines is 1. The van der Waals surface area contributed by atoms with Crippen LogP contribution >= 0.6 is 11.8 Å². The molecule has 0 bridgehead atoms. The number of ether oxygens (including phenoxy) is 1. The summed E-state index contributed by atoms with van der Waals surface area (Å²) in [6.45, 7) is 4.09. The minimum atomic E-state index is 0.404. The molecule has 0 saturated heterocycles. The molecule has 90 valence electrons. The van der Waals surface area contributed by atoms with Crippen LogP contribution in [0.15, 0.2) is 6.07 Å². The Bertz CT molecular complexity index is 333. The Hall–Kier alpha value is -0.970. The lowest BCUT2D eigenvalue weighted by molar-refractivity contribution is 0.397. The van der Waals surface area contributed by atoms with E-state index in [1.165, 1.54) is 0 Å². The van der Waals surface area contributed by atoms with Crippen LogP contribution in [-0.4, -0.2) is 35.1 Å². The minimum absolute atomic E-state index is 0.404. The molecule has 0 fully saturated rings. The SMILES string of the molecule is CCC(CSC)Nc1nc(C)cc(OC)n1. The number of aromatic nitrogens is 2. The lowest BCUT2D eigenvalue weighted by Crippen LogP contribution is -2.22. The first-order valence-corrected chi connectivity index (χ1v) is 6.74. The van der Waals surface area contributed by atoms with Crippen LogP contribution in [0.4, 0.5) is 5.95 Å². The summed E-state index contributed by atoms with van der Waals surface area (Å²) >= 11 is 1.82. The van der Waals surface area contributed by atoms with Crippen molar-refractivity contribution in [3.05, 3.63) is 11.8 Å². The number of aryl methyl sites for hydroxylation is 1. The average molecular weight is 241 g/mol. The second kappa shape index (κ2) is 6.58. The molecule has 4 nitrogen and oxygen atoms in total. The molecule has 0 aliphatic heterocycles. The van der Waals surface area contributed by atoms with Crippen molar-refractivity contribution < 1.29 is 4.74 Å². The molecule has 0 saturated carbocycles. The summed E-state index contributed by atoms with van der Waals surface area (Å²) in [7, 11) is 1.62. The zero-order chi connectivity index (χ0) is 12.0. The maximum atomic E-state index is 5.11. The molecule has 1 aromatic rings. The number of rotatable bonds is 6. The van der Waals surface area contributed by atoms with Crippen LogP contribution in [0.25, 0.3) is 0 Å². The summed E-state index contributed by atoms with van der Waals surface area (Å²) in [6.07, 6.45) is 3.16. The summed E-state index contributed by atoms with van der Waals surface area (Å²) in [5.41, 5.74) is 0.911. The lowest BCUT2D eigenvalue weighted by Gasteiger charge is -2.16. The molecule has 1 unspecified atom stereocenters. The van der Waals surface area contributed by atoms with Crippen LogP contribution in [0.1, 0.15) is 19.0 Å². The third-order valence-electron chi connectivity index (χ3n) is 2.23. The van der Waals surface area contributed by atoms with Gasteiger partial charge in [-0.15, -0.1) is 0 Å². The van der Waals surface area contributed by atoms with Crippen molar-refractivity contribution in [3.8, 4) is 5.88 Å². The van der Waals surface area contributed by atoms with Gasteiger partial charge in [-0.05, 0) is 19.6 Å². The lowest BCUT2D eigenvalue weighted by atomic mass is 10.3. The molecule has 0 aliphatic carbocycles. The number of nitrogens with one attached hydrogen (secondary N) is 1. The van der Waals surface area contributed by atoms with Crippen LogP contribution in [0, 0.1) is 6.92 Å². The third-order valence-corrected chi connectivity index (χ3v) is 2.97. The summed E-state index contributed by atoms with van der Waals surface area (Å²) < 4.78 is 5.11. The van der Waals surface area contributed by atoms with Gasteiger partial charge >= 0.3 is 0 Å². The maximum Gasteiger partial charge on any atom is 0.226 e. The van der Waals surface area contributed by atoms with Gasteiger partial charge in [0.15, 0.2) is 0 Å². The van der Waals surface area contributed by atoms with Gasteiger partial charge in [0.25, 0.3) is 0 Å². The van der Waals surface area contributed by atoms with E-state index in [9.17, 15) is 0 Å². The monoisotopic (exact) mass is 241 g/mol. The van der Waals surface area contributed by atoms with Crippen LogP contribution in [-0.2, 0) is 0 Å². The van der Waals surface area contributed by atoms with Crippen molar-refractivity contribution in [1.29, 1.82) is 0 Å². The third kappa shape index (κ3) is 3.89. The van der Waals surface area contributed by atoms with Crippen LogP contribution in [0.2, 0.25) is 0 Å². The topological polar surface area (TPSA) is 47.0 Å². The molecule has 5 heteroatoms. The molecule has 1 rings (SSSR count). The van der Waals surface area contributed by atoms with Gasteiger partial charge in [-0.1, -0.05) is 6.92 Å². The first kappa shape index (κ1) is 13.1. The first-order valence-electron chi connectivity index (χ1n) is 5.34. The summed E-state index contributed by atoms with van der Waals surface area (Å²) in [4.78, 5) is 8.61. The number of nitrogens with zero attached hydrogens (tertiary/aromatic N) is 2. The molecule has 0 amide bonds. The van der Waals surface area contributed by atoms with Crippen LogP contribution in [0.3, 0.4) is 0 Å². The highest BCUT2D eigenvalue weighted by molar-refractivity contribution is 7.98. The van der Waals surface area contributed by atoms with Gasteiger partial charge in [0, 0.05) is 23.6 Å². The van der Waals surface area contributed by atoms with Gasteiger partial charge < -0.3 is 10.1 Å². The molecular weight excluding hydrogens is 222 g/mol. The fourth-order valence-electron chi connectivity index (χ4n) is 1.35. The van der Waals surface area contributed by atoms with Crippen molar-refractivity contribution >= 4 is 17.7 Å². The standard InChI is InChI=1S/C11H19N3OS/c1-5-9(7-16-4)13-11-12-8(2)6-10(14-11)15-3/h6,9H,5,7H2,1-4H3,(H,12,13,14). The summed E-state index contributed by atoms with van der Waals surface area (Å²) in [6, 6.07) is 2.22. The fraction of sp³-hybridized carbons (Fsp3) is 0.636. The molecule has 16 heavy (non-hydrogen) atoms. The molecule has 1 aromatic heterocycles. The van der Waals surface area contributed by atoms with Crippen LogP contribution < -0.4 is 10.1 Å². The molecule has 1 heterocycles. The smallest absolute Gasteiger partial charge is 0.226 e. The second-order valence-electron chi connectivity index (χ2n) is 3.58. The zero-order valence-electron chi connectivity index (χ0n) is 10.3. The minimum Gasteiger partial charge on any atom is -0.481 e. The Morgan fingerprint density at radius 3 is 2.81 bits per heavy atom. The second-order valence-corrected chi connectivity index (χ2v) is 4.49. The quantitative estimate of drug-likeness (QED) is 0.828. The predicted octanol–water partition coefficient (Wildman–Crippen LogP) is 2.35. The largest absolute Gasteiger partial charge is 0.481 e. The number of hydrogen-bond acceptors (Lipinski definition) is 5. The van der Waals surface area contributed by atoms with Gasteiger partial charge in [0.1, 0.15) is 0 Å². The van der Waals surface area contributed by atoms with Crippen molar-refractivity contribution in [2.45, 2.75) is 26.3 Å². The Labute approximate surface area is 101 Å². The Balaban J connectivity index is 2.74. The van der Waals surface area contributed by atoms with E-state index in [1.807, 2.05) is 24.8 Å². The van der Waals surface area contributed by atoms with E-state index in [0.717, 1.165) is 17.9 Å². The molecule has 1 atom stereocenters. The van der Waals surface area contributed by atoms with E-state index in [1.54, 1.807) is 7.11 Å². The molecule has 0 spiro atoms. The normalized spacial score (nSPS) is 12.2. The molecular formula is C11H19N3OS.